The first-order valence-electron chi connectivity index (χ1n) is 7.29. The molecule has 0 N–H and O–H groups in total. The fraction of sp³-hybridized carbons (Fsp3) is 0.588. The fourth-order valence-electron chi connectivity index (χ4n) is 3.25. The van der Waals surface area contributed by atoms with Gasteiger partial charge in [0.25, 0.3) is 0 Å². The van der Waals surface area contributed by atoms with Gasteiger partial charge in [0, 0.05) is 12.3 Å². The standard InChI is InChI=1S/C17H24O/c1-3-14-9-6-7-11-16(14)17(18)12-15-10-5-4-8-13(15)2/h4-5,8,10,14,16H,3,6-7,9,11-12H2,1-2H3. The van der Waals surface area contributed by atoms with Crippen LogP contribution in [0.25, 0.3) is 0 Å². The van der Waals surface area contributed by atoms with Crippen LogP contribution in [0.3, 0.4) is 0 Å². The summed E-state index contributed by atoms with van der Waals surface area (Å²) >= 11 is 0. The van der Waals surface area contributed by atoms with Crippen molar-refractivity contribution in [1.82, 2.24) is 0 Å². The van der Waals surface area contributed by atoms with Gasteiger partial charge in [-0.15, -0.1) is 0 Å². The van der Waals surface area contributed by atoms with Gasteiger partial charge in [-0.3, -0.25) is 4.79 Å². The van der Waals surface area contributed by atoms with E-state index in [9.17, 15) is 4.79 Å². The molecule has 0 heterocycles. The third kappa shape index (κ3) is 3.01. The number of aryl methyl sites for hydroxylation is 1. The predicted molar refractivity (Wildman–Crippen MR) is 75.6 cm³/mol. The van der Waals surface area contributed by atoms with E-state index in [0.29, 0.717) is 24.0 Å². The highest BCUT2D eigenvalue weighted by molar-refractivity contribution is 5.83. The predicted octanol–water partition coefficient (Wildman–Crippen LogP) is 4.32. The second-order valence-corrected chi connectivity index (χ2v) is 5.63. The summed E-state index contributed by atoms with van der Waals surface area (Å²) in [5.41, 5.74) is 2.46. The van der Waals surface area contributed by atoms with E-state index < -0.39 is 0 Å². The van der Waals surface area contributed by atoms with Crippen LogP contribution in [0, 0.1) is 18.8 Å². The van der Waals surface area contributed by atoms with Crippen molar-refractivity contribution in [3.8, 4) is 0 Å². The molecule has 0 aliphatic heterocycles. The summed E-state index contributed by atoms with van der Waals surface area (Å²) < 4.78 is 0. The van der Waals surface area contributed by atoms with Crippen LogP contribution in [0.1, 0.15) is 50.2 Å². The third-order valence-electron chi connectivity index (χ3n) is 4.47. The third-order valence-corrected chi connectivity index (χ3v) is 4.47. The highest BCUT2D eigenvalue weighted by Gasteiger charge is 2.29. The molecule has 1 aliphatic rings. The molecule has 18 heavy (non-hydrogen) atoms. The van der Waals surface area contributed by atoms with Gasteiger partial charge in [-0.25, -0.2) is 0 Å². The molecule has 0 saturated heterocycles. The summed E-state index contributed by atoms with van der Waals surface area (Å²) in [4.78, 5) is 12.5. The lowest BCUT2D eigenvalue weighted by molar-refractivity contribution is -0.125. The molecule has 2 rings (SSSR count). The van der Waals surface area contributed by atoms with Gasteiger partial charge in [0.1, 0.15) is 5.78 Å². The largest absolute Gasteiger partial charge is 0.299 e. The van der Waals surface area contributed by atoms with Crippen LogP contribution in [-0.4, -0.2) is 5.78 Å². The highest BCUT2D eigenvalue weighted by Crippen LogP contribution is 2.33. The molecule has 0 amide bonds. The lowest BCUT2D eigenvalue weighted by Gasteiger charge is -2.29. The zero-order valence-electron chi connectivity index (χ0n) is 11.6. The van der Waals surface area contributed by atoms with E-state index in [4.69, 9.17) is 0 Å². The molecule has 1 aromatic rings. The van der Waals surface area contributed by atoms with E-state index in [-0.39, 0.29) is 0 Å². The van der Waals surface area contributed by atoms with Crippen LogP contribution in [0.5, 0.6) is 0 Å². The molecule has 0 radical (unpaired) electrons. The van der Waals surface area contributed by atoms with Gasteiger partial charge in [0.05, 0.1) is 0 Å². The van der Waals surface area contributed by atoms with E-state index in [1.165, 1.54) is 30.4 Å². The van der Waals surface area contributed by atoms with Gasteiger partial charge in [-0.05, 0) is 36.8 Å². The molecule has 1 saturated carbocycles. The smallest absolute Gasteiger partial charge is 0.140 e. The van der Waals surface area contributed by atoms with E-state index in [0.717, 1.165) is 12.8 Å². The molecule has 1 aromatic carbocycles. The maximum atomic E-state index is 12.5. The summed E-state index contributed by atoms with van der Waals surface area (Å²) in [5.74, 6) is 1.43. The number of benzene rings is 1. The zero-order chi connectivity index (χ0) is 13.0. The Labute approximate surface area is 111 Å². The van der Waals surface area contributed by atoms with Crippen molar-refractivity contribution in [3.05, 3.63) is 35.4 Å². The SMILES string of the molecule is CCC1CCCCC1C(=O)Cc1ccccc1C. The second-order valence-electron chi connectivity index (χ2n) is 5.63. The summed E-state index contributed by atoms with van der Waals surface area (Å²) in [7, 11) is 0. The number of hydrogen-bond acceptors (Lipinski definition) is 1. The summed E-state index contributed by atoms with van der Waals surface area (Å²) in [6.45, 7) is 4.32. The summed E-state index contributed by atoms with van der Waals surface area (Å²) in [6.07, 6.45) is 6.70. The average molecular weight is 244 g/mol. The topological polar surface area (TPSA) is 17.1 Å². The molecule has 1 nitrogen and oxygen atoms in total. The number of rotatable bonds is 4. The first-order valence-corrected chi connectivity index (χ1v) is 7.29. The zero-order valence-corrected chi connectivity index (χ0v) is 11.6. The average Bonchev–Trinajstić information content (AvgIpc) is 2.41. The molecular formula is C17H24O. The normalized spacial score (nSPS) is 23.9. The van der Waals surface area contributed by atoms with Gasteiger partial charge < -0.3 is 0 Å². The van der Waals surface area contributed by atoms with Crippen LogP contribution in [0.4, 0.5) is 0 Å². The maximum absolute atomic E-state index is 12.5. The molecule has 0 spiro atoms. The minimum absolute atomic E-state index is 0.323. The molecule has 0 bridgehead atoms. The van der Waals surface area contributed by atoms with Crippen LogP contribution >= 0.6 is 0 Å². The van der Waals surface area contributed by atoms with Crippen LogP contribution in [0.15, 0.2) is 24.3 Å². The first kappa shape index (κ1) is 13.3. The Bertz CT molecular complexity index is 408. The van der Waals surface area contributed by atoms with E-state index in [2.05, 4.69) is 26.0 Å². The van der Waals surface area contributed by atoms with Crippen molar-refractivity contribution in [1.29, 1.82) is 0 Å². The molecule has 1 heteroatoms. The highest BCUT2D eigenvalue weighted by atomic mass is 16.1. The van der Waals surface area contributed by atoms with E-state index in [1.807, 2.05) is 12.1 Å². The summed E-state index contributed by atoms with van der Waals surface area (Å²) in [5, 5.41) is 0. The monoisotopic (exact) mass is 244 g/mol. The Morgan fingerprint density at radius 2 is 1.94 bits per heavy atom. The Kier molecular flexibility index (Phi) is 4.57. The number of hydrogen-bond donors (Lipinski definition) is 0. The van der Waals surface area contributed by atoms with Gasteiger partial charge >= 0.3 is 0 Å². The van der Waals surface area contributed by atoms with Gasteiger partial charge in [0.2, 0.25) is 0 Å². The van der Waals surface area contributed by atoms with Crippen molar-refractivity contribution < 1.29 is 4.79 Å². The Hall–Kier alpha value is -1.11. The summed E-state index contributed by atoms with van der Waals surface area (Å²) in [6, 6.07) is 8.27. The minimum atomic E-state index is 0.323. The quantitative estimate of drug-likeness (QED) is 0.770. The number of carbonyl (C=O) groups is 1. The Morgan fingerprint density at radius 1 is 1.22 bits per heavy atom. The number of Topliss-reactive ketones (excluding diaryl/α,β-unsaturated/α-hetero) is 1. The van der Waals surface area contributed by atoms with Crippen molar-refractivity contribution >= 4 is 5.78 Å². The van der Waals surface area contributed by atoms with Crippen LogP contribution in [0.2, 0.25) is 0 Å². The molecule has 2 unspecified atom stereocenters. The minimum Gasteiger partial charge on any atom is -0.299 e. The molecule has 1 fully saturated rings. The molecule has 0 aromatic heterocycles. The Morgan fingerprint density at radius 3 is 2.67 bits per heavy atom. The fourth-order valence-corrected chi connectivity index (χ4v) is 3.25. The van der Waals surface area contributed by atoms with Gasteiger partial charge in [0.15, 0.2) is 0 Å². The molecule has 1 aliphatic carbocycles. The maximum Gasteiger partial charge on any atom is 0.140 e. The van der Waals surface area contributed by atoms with Gasteiger partial charge in [-0.1, -0.05) is 50.5 Å². The number of ketones is 1. The molecule has 98 valence electrons. The van der Waals surface area contributed by atoms with Crippen molar-refractivity contribution in [2.45, 2.75) is 52.4 Å². The van der Waals surface area contributed by atoms with Crippen LogP contribution < -0.4 is 0 Å². The van der Waals surface area contributed by atoms with E-state index in [1.54, 1.807) is 0 Å². The van der Waals surface area contributed by atoms with Gasteiger partial charge in [-0.2, -0.15) is 0 Å². The Balaban J connectivity index is 2.05. The van der Waals surface area contributed by atoms with Crippen molar-refractivity contribution in [2.24, 2.45) is 11.8 Å². The number of carbonyl (C=O) groups excluding carboxylic acids is 1. The van der Waals surface area contributed by atoms with Crippen molar-refractivity contribution in [2.75, 3.05) is 0 Å². The van der Waals surface area contributed by atoms with Crippen molar-refractivity contribution in [3.63, 3.8) is 0 Å². The van der Waals surface area contributed by atoms with Crippen LogP contribution in [-0.2, 0) is 11.2 Å². The molecular weight excluding hydrogens is 220 g/mol. The van der Waals surface area contributed by atoms with E-state index >= 15 is 0 Å². The first-order chi connectivity index (χ1) is 8.72. The molecule has 2 atom stereocenters. The second kappa shape index (κ2) is 6.17. The lowest BCUT2D eigenvalue weighted by atomic mass is 9.74. The lowest BCUT2D eigenvalue weighted by Crippen LogP contribution is -2.28.